The maximum atomic E-state index is 13.7. The summed E-state index contributed by atoms with van der Waals surface area (Å²) in [5.41, 5.74) is 9.87. The van der Waals surface area contributed by atoms with Gasteiger partial charge in [0.25, 0.3) is 0 Å². The quantitative estimate of drug-likeness (QED) is 0.774. The number of halogens is 1. The number of nitrogen functional groups attached to an aromatic ring is 1. The van der Waals surface area contributed by atoms with Crippen LogP contribution in [0.15, 0.2) is 42.5 Å². The molecule has 2 N–H and O–H groups in total. The molecule has 3 rings (SSSR count). The lowest BCUT2D eigenvalue weighted by atomic mass is 10.0. The van der Waals surface area contributed by atoms with Crippen molar-refractivity contribution >= 4 is 16.6 Å². The third kappa shape index (κ3) is 2.18. The molecule has 0 spiro atoms. The minimum atomic E-state index is -0.389. The van der Waals surface area contributed by atoms with Crippen molar-refractivity contribution in [3.05, 3.63) is 53.8 Å². The average molecular weight is 282 g/mol. The molecule has 0 saturated carbocycles. The summed E-state index contributed by atoms with van der Waals surface area (Å²) >= 11 is 0. The van der Waals surface area contributed by atoms with Gasteiger partial charge in [0.05, 0.1) is 12.8 Å². The second-order valence-corrected chi connectivity index (χ2v) is 4.87. The van der Waals surface area contributed by atoms with E-state index in [0.29, 0.717) is 22.3 Å². The second kappa shape index (κ2) is 5.05. The molecular formula is C17H15FN2O. The molecule has 3 nitrogen and oxygen atoms in total. The van der Waals surface area contributed by atoms with Crippen LogP contribution in [-0.2, 0) is 0 Å². The number of ether oxygens (including phenoxy) is 1. The summed E-state index contributed by atoms with van der Waals surface area (Å²) in [6.07, 6.45) is 0. The molecule has 0 aliphatic heterocycles. The number of nitrogens with two attached hydrogens (primary N) is 1. The van der Waals surface area contributed by atoms with E-state index in [0.717, 1.165) is 16.8 Å². The van der Waals surface area contributed by atoms with Gasteiger partial charge in [0.15, 0.2) is 0 Å². The third-order valence-corrected chi connectivity index (χ3v) is 3.58. The molecule has 0 amide bonds. The van der Waals surface area contributed by atoms with Crippen LogP contribution in [0.5, 0.6) is 5.75 Å². The zero-order valence-corrected chi connectivity index (χ0v) is 11.9. The molecule has 4 heteroatoms. The summed E-state index contributed by atoms with van der Waals surface area (Å²) in [6, 6.07) is 12.5. The first-order chi connectivity index (χ1) is 10.1. The normalized spacial score (nSPS) is 10.8. The highest BCUT2D eigenvalue weighted by Gasteiger charge is 2.15. The van der Waals surface area contributed by atoms with Crippen LogP contribution in [0.3, 0.4) is 0 Å². The summed E-state index contributed by atoms with van der Waals surface area (Å²) in [7, 11) is 1.49. The molecule has 0 atom stereocenters. The van der Waals surface area contributed by atoms with Gasteiger partial charge in [-0.1, -0.05) is 30.3 Å². The Balaban J connectivity index is 2.39. The van der Waals surface area contributed by atoms with Gasteiger partial charge in [0, 0.05) is 22.7 Å². The molecule has 0 unspecified atom stereocenters. The number of nitrogens with zero attached hydrogens (tertiary/aromatic N) is 1. The van der Waals surface area contributed by atoms with E-state index in [1.807, 2.05) is 37.3 Å². The Morgan fingerprint density at radius 2 is 1.86 bits per heavy atom. The molecule has 2 aromatic carbocycles. The zero-order valence-electron chi connectivity index (χ0n) is 11.9. The van der Waals surface area contributed by atoms with Crippen LogP contribution in [0.4, 0.5) is 10.1 Å². The number of pyridine rings is 1. The molecule has 21 heavy (non-hydrogen) atoms. The molecular weight excluding hydrogens is 267 g/mol. The lowest BCUT2D eigenvalue weighted by Crippen LogP contribution is -2.00. The van der Waals surface area contributed by atoms with E-state index in [1.165, 1.54) is 19.2 Å². The zero-order chi connectivity index (χ0) is 15.0. The van der Waals surface area contributed by atoms with Gasteiger partial charge in [-0.15, -0.1) is 0 Å². The number of hydrogen-bond acceptors (Lipinski definition) is 3. The van der Waals surface area contributed by atoms with Gasteiger partial charge in [0.2, 0.25) is 0 Å². The van der Waals surface area contributed by atoms with Crippen LogP contribution in [-0.4, -0.2) is 12.1 Å². The first-order valence-corrected chi connectivity index (χ1v) is 6.60. The fraction of sp³-hybridized carbons (Fsp3) is 0.118. The highest BCUT2D eigenvalue weighted by atomic mass is 19.1. The van der Waals surface area contributed by atoms with Crippen LogP contribution in [0.25, 0.3) is 22.2 Å². The topological polar surface area (TPSA) is 48.1 Å². The second-order valence-electron chi connectivity index (χ2n) is 4.87. The maximum Gasteiger partial charge on any atom is 0.148 e. The number of benzene rings is 2. The number of fused-ring (bicyclic) bond motifs is 1. The molecule has 0 bridgehead atoms. The van der Waals surface area contributed by atoms with Crippen molar-refractivity contribution in [3.8, 4) is 17.0 Å². The summed E-state index contributed by atoms with van der Waals surface area (Å²) in [4.78, 5) is 4.65. The predicted octanol–water partition coefficient (Wildman–Crippen LogP) is 3.94. The van der Waals surface area contributed by atoms with E-state index in [2.05, 4.69) is 4.98 Å². The summed E-state index contributed by atoms with van der Waals surface area (Å²) in [6.45, 7) is 1.89. The molecule has 1 aromatic heterocycles. The van der Waals surface area contributed by atoms with Crippen molar-refractivity contribution in [2.45, 2.75) is 6.92 Å². The highest BCUT2D eigenvalue weighted by Crippen LogP contribution is 2.35. The third-order valence-electron chi connectivity index (χ3n) is 3.58. The van der Waals surface area contributed by atoms with Crippen LogP contribution in [0.1, 0.15) is 5.56 Å². The van der Waals surface area contributed by atoms with Crippen LogP contribution < -0.4 is 10.5 Å². The first kappa shape index (κ1) is 13.4. The molecule has 0 radical (unpaired) electrons. The Morgan fingerprint density at radius 1 is 1.14 bits per heavy atom. The van der Waals surface area contributed by atoms with Gasteiger partial charge < -0.3 is 10.5 Å². The highest BCUT2D eigenvalue weighted by molar-refractivity contribution is 5.98. The van der Waals surface area contributed by atoms with E-state index in [-0.39, 0.29) is 5.82 Å². The average Bonchev–Trinajstić information content (AvgIpc) is 2.51. The van der Waals surface area contributed by atoms with Crippen LogP contribution in [0, 0.1) is 12.7 Å². The Labute approximate surface area is 122 Å². The van der Waals surface area contributed by atoms with Gasteiger partial charge in [-0.05, 0) is 18.6 Å². The standard InChI is InChI=1S/C17H15FN2O/c1-10-15(19)13-8-12(18)9-14(21-2)17(13)20-16(10)11-6-4-3-5-7-11/h3-9H,1-2H3,(H2,19,20). The Morgan fingerprint density at radius 3 is 2.52 bits per heavy atom. The van der Waals surface area contributed by atoms with Crippen molar-refractivity contribution in [1.82, 2.24) is 4.98 Å². The van der Waals surface area contributed by atoms with Gasteiger partial charge >= 0.3 is 0 Å². The van der Waals surface area contributed by atoms with Gasteiger partial charge in [0.1, 0.15) is 17.1 Å². The van der Waals surface area contributed by atoms with Crippen molar-refractivity contribution in [3.63, 3.8) is 0 Å². The smallest absolute Gasteiger partial charge is 0.148 e. The summed E-state index contributed by atoms with van der Waals surface area (Å²) in [5, 5.41) is 0.573. The van der Waals surface area contributed by atoms with Gasteiger partial charge in [-0.3, -0.25) is 0 Å². The number of rotatable bonds is 2. The van der Waals surface area contributed by atoms with Crippen LogP contribution >= 0.6 is 0 Å². The Kier molecular flexibility index (Phi) is 3.22. The molecule has 0 fully saturated rings. The van der Waals surface area contributed by atoms with Crippen molar-refractivity contribution in [2.75, 3.05) is 12.8 Å². The monoisotopic (exact) mass is 282 g/mol. The Hall–Kier alpha value is -2.62. The van der Waals surface area contributed by atoms with Crippen molar-refractivity contribution < 1.29 is 9.13 Å². The van der Waals surface area contributed by atoms with E-state index >= 15 is 0 Å². The fourth-order valence-corrected chi connectivity index (χ4v) is 2.45. The maximum absolute atomic E-state index is 13.7. The van der Waals surface area contributed by atoms with Gasteiger partial charge in [-0.2, -0.15) is 0 Å². The number of aromatic nitrogens is 1. The van der Waals surface area contributed by atoms with Crippen molar-refractivity contribution in [2.24, 2.45) is 0 Å². The number of anilines is 1. The molecule has 0 aliphatic carbocycles. The SMILES string of the molecule is COc1cc(F)cc2c(N)c(C)c(-c3ccccc3)nc12. The molecule has 0 aliphatic rings. The molecule has 3 aromatic rings. The molecule has 106 valence electrons. The first-order valence-electron chi connectivity index (χ1n) is 6.60. The van der Waals surface area contributed by atoms with E-state index < -0.39 is 0 Å². The van der Waals surface area contributed by atoms with E-state index in [4.69, 9.17) is 10.5 Å². The molecule has 0 saturated heterocycles. The Bertz CT molecular complexity index is 816. The summed E-state index contributed by atoms with van der Waals surface area (Å²) < 4.78 is 18.9. The van der Waals surface area contributed by atoms with E-state index in [1.54, 1.807) is 0 Å². The number of methoxy groups -OCH3 is 1. The molecule has 1 heterocycles. The minimum Gasteiger partial charge on any atom is -0.494 e. The van der Waals surface area contributed by atoms with Crippen molar-refractivity contribution in [1.29, 1.82) is 0 Å². The minimum absolute atomic E-state index is 0.383. The largest absolute Gasteiger partial charge is 0.494 e. The van der Waals surface area contributed by atoms with Crippen LogP contribution in [0.2, 0.25) is 0 Å². The number of hydrogen-bond donors (Lipinski definition) is 1. The van der Waals surface area contributed by atoms with Gasteiger partial charge in [-0.25, -0.2) is 9.37 Å². The summed E-state index contributed by atoms with van der Waals surface area (Å²) in [5.74, 6) is -0.00593. The van der Waals surface area contributed by atoms with E-state index in [9.17, 15) is 4.39 Å². The lowest BCUT2D eigenvalue weighted by Gasteiger charge is -2.13. The predicted molar refractivity (Wildman–Crippen MR) is 82.8 cm³/mol. The lowest BCUT2D eigenvalue weighted by molar-refractivity contribution is 0.415. The fourth-order valence-electron chi connectivity index (χ4n) is 2.45.